The van der Waals surface area contributed by atoms with E-state index in [2.05, 4.69) is 46.9 Å². The van der Waals surface area contributed by atoms with Crippen molar-refractivity contribution in [3.05, 3.63) is 28.2 Å². The van der Waals surface area contributed by atoms with Gasteiger partial charge >= 0.3 is 0 Å². The van der Waals surface area contributed by atoms with Crippen molar-refractivity contribution in [3.8, 4) is 5.75 Å². The highest BCUT2D eigenvalue weighted by Gasteiger charge is 2.07. The summed E-state index contributed by atoms with van der Waals surface area (Å²) in [6.07, 6.45) is 1.14. The van der Waals surface area contributed by atoms with Crippen LogP contribution < -0.4 is 0 Å². The number of halogens is 1. The van der Waals surface area contributed by atoms with Gasteiger partial charge < -0.3 is 14.9 Å². The Balaban J connectivity index is 2.45. The third kappa shape index (κ3) is 5.06. The molecule has 0 saturated carbocycles. The number of rotatable bonds is 6. The first-order chi connectivity index (χ1) is 8.00. The Labute approximate surface area is 112 Å². The van der Waals surface area contributed by atoms with Gasteiger partial charge in [-0.2, -0.15) is 0 Å². The highest BCUT2D eigenvalue weighted by Crippen LogP contribution is 2.28. The summed E-state index contributed by atoms with van der Waals surface area (Å²) < 4.78 is 0.761. The van der Waals surface area contributed by atoms with Crippen molar-refractivity contribution >= 4 is 15.9 Å². The zero-order chi connectivity index (χ0) is 12.8. The summed E-state index contributed by atoms with van der Waals surface area (Å²) in [4.78, 5) is 4.41. The van der Waals surface area contributed by atoms with E-state index in [1.54, 1.807) is 0 Å². The van der Waals surface area contributed by atoms with Gasteiger partial charge in [-0.3, -0.25) is 0 Å². The zero-order valence-electron chi connectivity index (χ0n) is 10.8. The minimum absolute atomic E-state index is 0.354. The van der Waals surface area contributed by atoms with E-state index in [0.717, 1.165) is 36.1 Å². The highest BCUT2D eigenvalue weighted by molar-refractivity contribution is 9.10. The Morgan fingerprint density at radius 3 is 2.53 bits per heavy atom. The molecule has 0 bridgehead atoms. The zero-order valence-corrected chi connectivity index (χ0v) is 12.4. The quantitative estimate of drug-likeness (QED) is 0.875. The predicted molar refractivity (Wildman–Crippen MR) is 75.3 cm³/mol. The van der Waals surface area contributed by atoms with Gasteiger partial charge in [0.25, 0.3) is 0 Å². The molecule has 3 nitrogen and oxygen atoms in total. The normalized spacial score (nSPS) is 11.4. The molecule has 0 aliphatic heterocycles. The molecule has 0 saturated heterocycles. The number of para-hydroxylation sites is 1. The summed E-state index contributed by atoms with van der Waals surface area (Å²) in [5, 5.41) is 9.88. The van der Waals surface area contributed by atoms with Crippen LogP contribution in [0, 0.1) is 0 Å². The second-order valence-electron chi connectivity index (χ2n) is 4.64. The van der Waals surface area contributed by atoms with Gasteiger partial charge in [-0.1, -0.05) is 12.1 Å². The first-order valence-electron chi connectivity index (χ1n) is 5.80. The van der Waals surface area contributed by atoms with Gasteiger partial charge in [0.2, 0.25) is 0 Å². The molecule has 96 valence electrons. The number of phenols is 1. The molecule has 0 fully saturated rings. The largest absolute Gasteiger partial charge is 0.506 e. The lowest BCUT2D eigenvalue weighted by molar-refractivity contribution is 0.290. The van der Waals surface area contributed by atoms with Gasteiger partial charge in [-0.05, 0) is 62.6 Å². The molecule has 1 aromatic carbocycles. The third-order valence-electron chi connectivity index (χ3n) is 2.66. The Morgan fingerprint density at radius 1 is 1.18 bits per heavy atom. The molecule has 0 aliphatic rings. The molecular weight excluding hydrogens is 280 g/mol. The summed E-state index contributed by atoms with van der Waals surface area (Å²) in [7, 11) is 6.25. The number of benzene rings is 1. The maximum absolute atomic E-state index is 9.88. The molecule has 0 spiro atoms. The summed E-state index contributed by atoms with van der Waals surface area (Å²) in [6.45, 7) is 2.90. The highest BCUT2D eigenvalue weighted by atomic mass is 79.9. The van der Waals surface area contributed by atoms with E-state index in [4.69, 9.17) is 0 Å². The summed E-state index contributed by atoms with van der Waals surface area (Å²) in [5.74, 6) is 0.354. The topological polar surface area (TPSA) is 26.7 Å². The fourth-order valence-corrected chi connectivity index (χ4v) is 2.12. The number of nitrogens with zero attached hydrogens (tertiary/aromatic N) is 2. The van der Waals surface area contributed by atoms with Crippen molar-refractivity contribution in [3.63, 3.8) is 0 Å². The van der Waals surface area contributed by atoms with Crippen LogP contribution in [-0.2, 0) is 6.54 Å². The predicted octanol–water partition coefficient (Wildman–Crippen LogP) is 2.54. The Morgan fingerprint density at radius 2 is 1.88 bits per heavy atom. The number of hydrogen-bond donors (Lipinski definition) is 1. The standard InChI is InChI=1S/C13H21BrN2O/c1-15(2)8-5-9-16(3)10-11-6-4-7-12(14)13(11)17/h4,6-7,17H,5,8-10H2,1-3H3. The first-order valence-corrected chi connectivity index (χ1v) is 6.59. The molecule has 0 atom stereocenters. The van der Waals surface area contributed by atoms with E-state index in [9.17, 15) is 5.11 Å². The van der Waals surface area contributed by atoms with Gasteiger partial charge in [0.15, 0.2) is 0 Å². The van der Waals surface area contributed by atoms with Gasteiger partial charge in [0.05, 0.1) is 4.47 Å². The Kier molecular flexibility index (Phi) is 5.95. The molecule has 1 rings (SSSR count). The number of hydrogen-bond acceptors (Lipinski definition) is 3. The maximum atomic E-state index is 9.88. The Bertz CT molecular complexity index is 355. The van der Waals surface area contributed by atoms with Crippen molar-refractivity contribution in [2.45, 2.75) is 13.0 Å². The van der Waals surface area contributed by atoms with Gasteiger partial charge in [0, 0.05) is 12.1 Å². The van der Waals surface area contributed by atoms with E-state index < -0.39 is 0 Å². The number of phenolic OH excluding ortho intramolecular Hbond substituents is 1. The van der Waals surface area contributed by atoms with Crippen LogP contribution in [0.3, 0.4) is 0 Å². The SMILES string of the molecule is CN(C)CCCN(C)Cc1cccc(Br)c1O. The number of aromatic hydroxyl groups is 1. The summed E-state index contributed by atoms with van der Waals surface area (Å²) >= 11 is 3.33. The summed E-state index contributed by atoms with van der Waals surface area (Å²) in [5.41, 5.74) is 0.965. The lowest BCUT2D eigenvalue weighted by atomic mass is 10.2. The van der Waals surface area contributed by atoms with E-state index in [1.807, 2.05) is 18.2 Å². The molecule has 17 heavy (non-hydrogen) atoms. The van der Waals surface area contributed by atoms with Crippen LogP contribution in [0.2, 0.25) is 0 Å². The van der Waals surface area contributed by atoms with Crippen LogP contribution in [0.4, 0.5) is 0 Å². The molecule has 4 heteroatoms. The maximum Gasteiger partial charge on any atom is 0.134 e. The second-order valence-corrected chi connectivity index (χ2v) is 5.50. The average Bonchev–Trinajstić information content (AvgIpc) is 2.24. The van der Waals surface area contributed by atoms with Crippen molar-refractivity contribution in [2.75, 3.05) is 34.2 Å². The molecule has 1 N–H and O–H groups in total. The van der Waals surface area contributed by atoms with Crippen LogP contribution in [0.5, 0.6) is 5.75 Å². The molecule has 1 aromatic rings. The van der Waals surface area contributed by atoms with Crippen LogP contribution in [0.1, 0.15) is 12.0 Å². The van der Waals surface area contributed by atoms with Crippen LogP contribution in [0.25, 0.3) is 0 Å². The van der Waals surface area contributed by atoms with Gasteiger partial charge in [-0.15, -0.1) is 0 Å². The fraction of sp³-hybridized carbons (Fsp3) is 0.538. The fourth-order valence-electron chi connectivity index (χ4n) is 1.71. The smallest absolute Gasteiger partial charge is 0.134 e. The molecule has 0 radical (unpaired) electrons. The summed E-state index contributed by atoms with van der Waals surface area (Å²) in [6, 6.07) is 5.76. The second kappa shape index (κ2) is 6.99. The van der Waals surface area contributed by atoms with Crippen LogP contribution >= 0.6 is 15.9 Å². The van der Waals surface area contributed by atoms with E-state index in [1.165, 1.54) is 0 Å². The third-order valence-corrected chi connectivity index (χ3v) is 3.30. The lowest BCUT2D eigenvalue weighted by Gasteiger charge is -2.19. The monoisotopic (exact) mass is 300 g/mol. The minimum Gasteiger partial charge on any atom is -0.506 e. The van der Waals surface area contributed by atoms with Gasteiger partial charge in [0.1, 0.15) is 5.75 Å². The lowest BCUT2D eigenvalue weighted by Crippen LogP contribution is -2.23. The first kappa shape index (κ1) is 14.5. The van der Waals surface area contributed by atoms with E-state index in [0.29, 0.717) is 5.75 Å². The van der Waals surface area contributed by atoms with Crippen molar-refractivity contribution < 1.29 is 5.11 Å². The molecule has 0 aliphatic carbocycles. The van der Waals surface area contributed by atoms with E-state index >= 15 is 0 Å². The van der Waals surface area contributed by atoms with Crippen LogP contribution in [-0.4, -0.2) is 49.1 Å². The molecule has 0 heterocycles. The molecule has 0 aromatic heterocycles. The molecule has 0 amide bonds. The average molecular weight is 301 g/mol. The minimum atomic E-state index is 0.354. The van der Waals surface area contributed by atoms with Crippen LogP contribution in [0.15, 0.2) is 22.7 Å². The molecule has 0 unspecified atom stereocenters. The van der Waals surface area contributed by atoms with Gasteiger partial charge in [-0.25, -0.2) is 0 Å². The molecular formula is C13H21BrN2O. The van der Waals surface area contributed by atoms with Crippen molar-refractivity contribution in [1.82, 2.24) is 9.80 Å². The van der Waals surface area contributed by atoms with Crippen molar-refractivity contribution in [2.24, 2.45) is 0 Å². The Hall–Kier alpha value is -0.580. The van der Waals surface area contributed by atoms with Crippen molar-refractivity contribution in [1.29, 1.82) is 0 Å². The van der Waals surface area contributed by atoms with E-state index in [-0.39, 0.29) is 0 Å².